The van der Waals surface area contributed by atoms with Crippen LogP contribution in [-0.2, 0) is 22.9 Å². The molecule has 5 aromatic rings. The molecule has 0 aliphatic rings. The van der Waals surface area contributed by atoms with Crippen molar-refractivity contribution in [1.29, 1.82) is 0 Å². The van der Waals surface area contributed by atoms with E-state index < -0.39 is 35.5 Å². The molecule has 0 aliphatic heterocycles. The third-order valence-electron chi connectivity index (χ3n) is 6.32. The summed E-state index contributed by atoms with van der Waals surface area (Å²) in [6.07, 6.45) is -0.679. The largest absolute Gasteiger partial charge is 0.416 e. The number of rotatable bonds is 7. The molecule has 0 bridgehead atoms. The second-order valence-corrected chi connectivity index (χ2v) is 10.5. The first-order valence-electron chi connectivity index (χ1n) is 12.9. The minimum atomic E-state index is -4.72. The summed E-state index contributed by atoms with van der Waals surface area (Å²) >= 11 is 0. The Morgan fingerprint density at radius 3 is 2.56 bits per heavy atom. The van der Waals surface area contributed by atoms with Gasteiger partial charge in [-0.15, -0.1) is 0 Å². The van der Waals surface area contributed by atoms with Gasteiger partial charge < -0.3 is 20.1 Å². The summed E-state index contributed by atoms with van der Waals surface area (Å²) < 4.78 is 47.6. The Morgan fingerprint density at radius 2 is 1.86 bits per heavy atom. The number of hydrogen-bond acceptors (Lipinski definition) is 8. The van der Waals surface area contributed by atoms with Crippen LogP contribution in [0.1, 0.15) is 48.4 Å². The summed E-state index contributed by atoms with van der Waals surface area (Å²) in [5.74, 6) is -1.04. The Bertz CT molecular complexity index is 1850. The number of nitrogens with zero attached hydrogens (tertiary/aromatic N) is 5. The number of imidazole rings is 1. The van der Waals surface area contributed by atoms with Gasteiger partial charge in [0.05, 0.1) is 16.8 Å². The Balaban J connectivity index is 1.47. The van der Waals surface area contributed by atoms with E-state index in [4.69, 9.17) is 4.52 Å². The molecular formula is C29H25F3N8O3. The van der Waals surface area contributed by atoms with Crippen molar-refractivity contribution in [3.8, 4) is 22.6 Å². The van der Waals surface area contributed by atoms with Crippen LogP contribution in [0.15, 0.2) is 66.0 Å². The van der Waals surface area contributed by atoms with Crippen LogP contribution in [0.5, 0.6) is 0 Å². The monoisotopic (exact) mass is 590 g/mol. The van der Waals surface area contributed by atoms with Crippen molar-refractivity contribution in [2.75, 3.05) is 5.32 Å². The Labute approximate surface area is 242 Å². The van der Waals surface area contributed by atoms with Crippen molar-refractivity contribution in [2.24, 2.45) is 0 Å². The molecule has 4 aromatic heterocycles. The highest BCUT2D eigenvalue weighted by Gasteiger charge is 2.34. The molecule has 4 heterocycles. The lowest BCUT2D eigenvalue weighted by molar-refractivity contribution is -0.138. The summed E-state index contributed by atoms with van der Waals surface area (Å²) in [7, 11) is 0. The topological polar surface area (TPSA) is 152 Å². The van der Waals surface area contributed by atoms with E-state index in [-0.39, 0.29) is 28.5 Å². The van der Waals surface area contributed by atoms with Crippen LogP contribution in [-0.4, -0.2) is 41.9 Å². The van der Waals surface area contributed by atoms with Crippen molar-refractivity contribution < 1.29 is 27.3 Å². The third-order valence-corrected chi connectivity index (χ3v) is 6.32. The number of nitrogens with one attached hydrogen (secondary N) is 3. The number of benzene rings is 1. The summed E-state index contributed by atoms with van der Waals surface area (Å²) in [5.41, 5.74) is 0.324. The number of hydrogen-bond donors (Lipinski definition) is 3. The van der Waals surface area contributed by atoms with Gasteiger partial charge in [0.25, 0.3) is 0 Å². The molecule has 0 saturated heterocycles. The maximum absolute atomic E-state index is 14.2. The van der Waals surface area contributed by atoms with E-state index in [2.05, 4.69) is 47.3 Å². The van der Waals surface area contributed by atoms with Gasteiger partial charge in [0.2, 0.25) is 5.91 Å². The molecule has 0 unspecified atom stereocenters. The van der Waals surface area contributed by atoms with Crippen molar-refractivity contribution in [2.45, 2.75) is 38.9 Å². The van der Waals surface area contributed by atoms with Crippen molar-refractivity contribution in [3.63, 3.8) is 0 Å². The number of halogens is 3. The van der Waals surface area contributed by atoms with E-state index >= 15 is 0 Å². The molecule has 0 saturated carbocycles. The average Bonchev–Trinajstić information content (AvgIpc) is 3.64. The molecule has 5 rings (SSSR count). The van der Waals surface area contributed by atoms with Crippen molar-refractivity contribution >= 4 is 28.7 Å². The Kier molecular flexibility index (Phi) is 7.52. The molecule has 43 heavy (non-hydrogen) atoms. The molecule has 0 fully saturated rings. The van der Waals surface area contributed by atoms with Gasteiger partial charge in [-0.05, 0) is 41.5 Å². The maximum atomic E-state index is 14.2. The number of anilines is 1. The van der Waals surface area contributed by atoms with Crippen LogP contribution >= 0.6 is 0 Å². The lowest BCUT2D eigenvalue weighted by atomic mass is 9.96. The number of aromatic amines is 1. The number of H-pyrrole nitrogens is 1. The third kappa shape index (κ3) is 6.12. The lowest BCUT2D eigenvalue weighted by Crippen LogP contribution is -2.25. The van der Waals surface area contributed by atoms with Gasteiger partial charge >= 0.3 is 18.0 Å². The zero-order chi connectivity index (χ0) is 30.9. The number of pyridine rings is 2. The van der Waals surface area contributed by atoms with E-state index in [1.807, 2.05) is 20.8 Å². The van der Waals surface area contributed by atoms with E-state index in [0.29, 0.717) is 28.3 Å². The van der Waals surface area contributed by atoms with Crippen LogP contribution in [0.4, 0.5) is 18.9 Å². The number of aromatic nitrogens is 6. The van der Waals surface area contributed by atoms with Gasteiger partial charge in [0.1, 0.15) is 5.69 Å². The molecule has 1 aromatic carbocycles. The van der Waals surface area contributed by atoms with Gasteiger partial charge in [-0.1, -0.05) is 44.6 Å². The van der Waals surface area contributed by atoms with Crippen LogP contribution in [0, 0.1) is 0 Å². The van der Waals surface area contributed by atoms with Gasteiger partial charge in [-0.3, -0.25) is 14.6 Å². The molecule has 11 nitrogen and oxygen atoms in total. The fourth-order valence-corrected chi connectivity index (χ4v) is 4.18. The maximum Gasteiger partial charge on any atom is 0.416 e. The van der Waals surface area contributed by atoms with Gasteiger partial charge in [-0.2, -0.15) is 18.2 Å². The molecular weight excluding hydrogens is 565 g/mol. The standard InChI is InChI=1S/C29H25F3N8O3/c1-5-20(41)36-19-7-6-11-33-22(19)24-37-21-17(10-12-34-23(21)38-24)15-8-9-16(18(13-15)29(30,31)32)14-35-25(42)26-39-27(40-43-26)28(2,3)4/h5-13H,1,14H2,2-4H3,(H,35,42)(H,36,41)(H,34,37,38). The summed E-state index contributed by atoms with van der Waals surface area (Å²) in [5, 5.41) is 8.84. The predicted molar refractivity (Wildman–Crippen MR) is 151 cm³/mol. The first-order valence-corrected chi connectivity index (χ1v) is 12.9. The average molecular weight is 591 g/mol. The Hall–Kier alpha value is -5.40. The molecule has 0 aliphatic carbocycles. The van der Waals surface area contributed by atoms with E-state index in [0.717, 1.165) is 12.1 Å². The van der Waals surface area contributed by atoms with E-state index in [1.165, 1.54) is 24.5 Å². The summed E-state index contributed by atoms with van der Waals surface area (Å²) in [4.78, 5) is 44.5. The van der Waals surface area contributed by atoms with Crippen LogP contribution < -0.4 is 10.6 Å². The smallest absolute Gasteiger partial charge is 0.344 e. The molecule has 14 heteroatoms. The van der Waals surface area contributed by atoms with E-state index in [9.17, 15) is 22.8 Å². The Morgan fingerprint density at radius 1 is 1.07 bits per heavy atom. The first kappa shape index (κ1) is 29.1. The summed E-state index contributed by atoms with van der Waals surface area (Å²) in [6.45, 7) is 8.50. The fourth-order valence-electron chi connectivity index (χ4n) is 4.18. The number of carbonyl (C=O) groups is 2. The molecule has 220 valence electrons. The minimum Gasteiger partial charge on any atom is -0.344 e. The highest BCUT2D eigenvalue weighted by atomic mass is 19.4. The van der Waals surface area contributed by atoms with Gasteiger partial charge in [0.15, 0.2) is 17.3 Å². The normalized spacial score (nSPS) is 11.9. The molecule has 0 atom stereocenters. The first-order chi connectivity index (χ1) is 20.3. The molecule has 0 radical (unpaired) electrons. The van der Waals surface area contributed by atoms with Crippen LogP contribution in [0.25, 0.3) is 33.8 Å². The highest BCUT2D eigenvalue weighted by molar-refractivity contribution is 6.01. The predicted octanol–water partition coefficient (Wildman–Crippen LogP) is 5.44. The number of alkyl halides is 3. The van der Waals surface area contributed by atoms with Crippen LogP contribution in [0.2, 0.25) is 0 Å². The van der Waals surface area contributed by atoms with Gasteiger partial charge in [-0.25, -0.2) is 9.97 Å². The summed E-state index contributed by atoms with van der Waals surface area (Å²) in [6, 6.07) is 8.60. The van der Waals surface area contributed by atoms with E-state index in [1.54, 1.807) is 18.2 Å². The molecule has 2 amide bonds. The zero-order valence-electron chi connectivity index (χ0n) is 23.2. The quantitative estimate of drug-likeness (QED) is 0.212. The zero-order valence-corrected chi connectivity index (χ0v) is 23.2. The fraction of sp³-hybridized carbons (Fsp3) is 0.207. The van der Waals surface area contributed by atoms with Crippen molar-refractivity contribution in [1.82, 2.24) is 35.4 Å². The highest BCUT2D eigenvalue weighted by Crippen LogP contribution is 2.37. The molecule has 0 spiro atoms. The number of carbonyl (C=O) groups excluding carboxylic acids is 2. The minimum absolute atomic E-state index is 0.160. The van der Waals surface area contributed by atoms with Gasteiger partial charge in [0, 0.05) is 29.9 Å². The van der Waals surface area contributed by atoms with Crippen molar-refractivity contribution in [3.05, 3.63) is 84.3 Å². The second kappa shape index (κ2) is 11.1. The SMILES string of the molecule is C=CC(=O)Nc1cccnc1-c1nc2nccc(-c3ccc(CNC(=O)c4nc(C(C)(C)C)no4)c(C(F)(F)F)c3)c2[nH]1. The second-order valence-electron chi connectivity index (χ2n) is 10.5. The lowest BCUT2D eigenvalue weighted by Gasteiger charge is -2.15. The molecule has 3 N–H and O–H groups in total. The number of fused-ring (bicyclic) bond motifs is 1. The van der Waals surface area contributed by atoms with Crippen LogP contribution in [0.3, 0.4) is 0 Å². The number of amides is 2.